The molecule has 2 aliphatic rings. The topological polar surface area (TPSA) is 46.5 Å². The lowest BCUT2D eigenvalue weighted by Crippen LogP contribution is -1.98. The first-order chi connectivity index (χ1) is 10.2. The van der Waals surface area contributed by atoms with Gasteiger partial charge in [-0.1, -0.05) is 11.8 Å². The van der Waals surface area contributed by atoms with Crippen LogP contribution in [0.3, 0.4) is 0 Å². The summed E-state index contributed by atoms with van der Waals surface area (Å²) in [5.74, 6) is 6.35. The first-order valence-electron chi connectivity index (χ1n) is 7.12. The number of aromatic carboxylic acids is 1. The fourth-order valence-corrected chi connectivity index (χ4v) is 2.07. The first-order valence-corrected chi connectivity index (χ1v) is 7.12. The number of carboxylic acids is 1. The molecule has 3 rings (SSSR count). The lowest BCUT2D eigenvalue weighted by molar-refractivity contribution is 0.0697. The Labute approximate surface area is 123 Å². The monoisotopic (exact) mass is 280 g/mol. The maximum absolute atomic E-state index is 10.8. The van der Waals surface area contributed by atoms with E-state index in [9.17, 15) is 4.79 Å². The molecule has 0 spiro atoms. The first kappa shape index (κ1) is 13.5. The van der Waals surface area contributed by atoms with E-state index in [1.54, 1.807) is 24.3 Å². The number of benzene rings is 1. The highest BCUT2D eigenvalue weighted by atomic mass is 16.5. The predicted octanol–water partition coefficient (Wildman–Crippen LogP) is 3.52. The van der Waals surface area contributed by atoms with Gasteiger partial charge in [0, 0.05) is 17.6 Å². The Morgan fingerprint density at radius 1 is 1.10 bits per heavy atom. The third kappa shape index (κ3) is 3.76. The molecule has 0 amide bonds. The van der Waals surface area contributed by atoms with Crippen LogP contribution >= 0.6 is 0 Å². The third-order valence-corrected chi connectivity index (χ3v) is 3.45. The standard InChI is InChI=1S/C18H16O3/c19-18(20)15-7-3-13(4-8-15)1-2-14-5-9-16(10-6-14)21-17-11-12-17/h3-5,7-9,17H,6,10-12H2,(H,19,20). The Bertz CT molecular complexity index is 665. The summed E-state index contributed by atoms with van der Waals surface area (Å²) < 4.78 is 5.76. The third-order valence-electron chi connectivity index (χ3n) is 3.45. The van der Waals surface area contributed by atoms with Gasteiger partial charge in [-0.2, -0.15) is 0 Å². The molecule has 2 aliphatic carbocycles. The van der Waals surface area contributed by atoms with E-state index in [1.165, 1.54) is 12.8 Å². The zero-order valence-corrected chi connectivity index (χ0v) is 11.6. The lowest BCUT2D eigenvalue weighted by atomic mass is 10.0. The van der Waals surface area contributed by atoms with Crippen LogP contribution in [0.4, 0.5) is 0 Å². The van der Waals surface area contributed by atoms with Crippen molar-refractivity contribution in [3.8, 4) is 11.8 Å². The molecule has 1 fully saturated rings. The van der Waals surface area contributed by atoms with Crippen LogP contribution in [0.25, 0.3) is 0 Å². The summed E-state index contributed by atoms with van der Waals surface area (Å²) in [5, 5.41) is 8.84. The van der Waals surface area contributed by atoms with Crippen molar-refractivity contribution < 1.29 is 14.6 Å². The average Bonchev–Trinajstić information content (AvgIpc) is 3.31. The molecule has 0 atom stereocenters. The van der Waals surface area contributed by atoms with E-state index < -0.39 is 5.97 Å². The zero-order chi connectivity index (χ0) is 14.7. The Balaban J connectivity index is 1.65. The van der Waals surface area contributed by atoms with Gasteiger partial charge in [0.2, 0.25) is 0 Å². The molecule has 0 aromatic heterocycles. The second-order valence-corrected chi connectivity index (χ2v) is 5.27. The van der Waals surface area contributed by atoms with Gasteiger partial charge in [0.05, 0.1) is 17.4 Å². The van der Waals surface area contributed by atoms with Crippen molar-refractivity contribution in [1.29, 1.82) is 0 Å². The van der Waals surface area contributed by atoms with Crippen LogP contribution in [-0.2, 0) is 4.74 Å². The van der Waals surface area contributed by atoms with Crippen molar-refractivity contribution in [2.24, 2.45) is 0 Å². The number of carbonyl (C=O) groups is 1. The number of rotatable bonds is 3. The van der Waals surface area contributed by atoms with Crippen LogP contribution in [0.2, 0.25) is 0 Å². The molecule has 1 saturated carbocycles. The van der Waals surface area contributed by atoms with Crippen LogP contribution in [0.15, 0.2) is 47.7 Å². The largest absolute Gasteiger partial charge is 0.495 e. The van der Waals surface area contributed by atoms with E-state index in [2.05, 4.69) is 11.8 Å². The summed E-state index contributed by atoms with van der Waals surface area (Å²) in [6.45, 7) is 0. The van der Waals surface area contributed by atoms with E-state index in [-0.39, 0.29) is 5.56 Å². The van der Waals surface area contributed by atoms with Gasteiger partial charge in [0.25, 0.3) is 0 Å². The van der Waals surface area contributed by atoms with Gasteiger partial charge in [-0.05, 0) is 55.7 Å². The fraction of sp³-hybridized carbons (Fsp3) is 0.278. The summed E-state index contributed by atoms with van der Waals surface area (Å²) in [6.07, 6.45) is 8.65. The molecule has 0 saturated heterocycles. The smallest absolute Gasteiger partial charge is 0.335 e. The molecule has 0 bridgehead atoms. The van der Waals surface area contributed by atoms with Gasteiger partial charge in [0.15, 0.2) is 0 Å². The minimum absolute atomic E-state index is 0.280. The SMILES string of the molecule is O=C(O)c1ccc(C#CC2=CC=C(OC3CC3)CC2)cc1. The van der Waals surface area contributed by atoms with Gasteiger partial charge < -0.3 is 9.84 Å². The Kier molecular flexibility index (Phi) is 3.79. The Morgan fingerprint density at radius 2 is 1.86 bits per heavy atom. The van der Waals surface area contributed by atoms with E-state index in [4.69, 9.17) is 9.84 Å². The molecule has 3 heteroatoms. The minimum atomic E-state index is -0.919. The zero-order valence-electron chi connectivity index (χ0n) is 11.6. The number of hydrogen-bond donors (Lipinski definition) is 1. The van der Waals surface area contributed by atoms with Gasteiger partial charge in [0.1, 0.15) is 0 Å². The molecule has 0 heterocycles. The van der Waals surface area contributed by atoms with Crippen LogP contribution < -0.4 is 0 Å². The lowest BCUT2D eigenvalue weighted by Gasteiger charge is -2.12. The van der Waals surface area contributed by atoms with Crippen molar-refractivity contribution in [2.75, 3.05) is 0 Å². The number of hydrogen-bond acceptors (Lipinski definition) is 2. The molecular weight excluding hydrogens is 264 g/mol. The maximum atomic E-state index is 10.8. The molecule has 1 aromatic rings. The Hall–Kier alpha value is -2.47. The van der Waals surface area contributed by atoms with E-state index >= 15 is 0 Å². The molecule has 21 heavy (non-hydrogen) atoms. The summed E-state index contributed by atoms with van der Waals surface area (Å²) in [6, 6.07) is 6.61. The van der Waals surface area contributed by atoms with Crippen LogP contribution in [-0.4, -0.2) is 17.2 Å². The summed E-state index contributed by atoms with van der Waals surface area (Å²) >= 11 is 0. The van der Waals surface area contributed by atoms with Gasteiger partial charge in [-0.3, -0.25) is 0 Å². The maximum Gasteiger partial charge on any atom is 0.335 e. The average molecular weight is 280 g/mol. The number of ether oxygens (including phenoxy) is 1. The van der Waals surface area contributed by atoms with Crippen LogP contribution in [0.5, 0.6) is 0 Å². The highest BCUT2D eigenvalue weighted by Gasteiger charge is 2.24. The molecule has 3 nitrogen and oxygen atoms in total. The number of carboxylic acid groups (broad SMARTS) is 1. The van der Waals surface area contributed by atoms with E-state index in [0.29, 0.717) is 6.10 Å². The summed E-state index contributed by atoms with van der Waals surface area (Å²) in [4.78, 5) is 10.8. The highest BCUT2D eigenvalue weighted by molar-refractivity contribution is 5.87. The Morgan fingerprint density at radius 3 is 2.43 bits per heavy atom. The second kappa shape index (κ2) is 5.88. The summed E-state index contributed by atoms with van der Waals surface area (Å²) in [7, 11) is 0. The molecule has 1 aromatic carbocycles. The van der Waals surface area contributed by atoms with E-state index in [0.717, 1.165) is 29.7 Å². The quantitative estimate of drug-likeness (QED) is 0.862. The normalized spacial score (nSPS) is 17.1. The van der Waals surface area contributed by atoms with Crippen molar-refractivity contribution >= 4 is 5.97 Å². The highest BCUT2D eigenvalue weighted by Crippen LogP contribution is 2.29. The van der Waals surface area contributed by atoms with Crippen molar-refractivity contribution in [2.45, 2.75) is 31.8 Å². The van der Waals surface area contributed by atoms with Crippen LogP contribution in [0, 0.1) is 11.8 Å². The minimum Gasteiger partial charge on any atom is -0.495 e. The predicted molar refractivity (Wildman–Crippen MR) is 79.8 cm³/mol. The van der Waals surface area contributed by atoms with Crippen LogP contribution in [0.1, 0.15) is 41.6 Å². The van der Waals surface area contributed by atoms with Gasteiger partial charge in [-0.25, -0.2) is 4.79 Å². The van der Waals surface area contributed by atoms with Crippen molar-refractivity contribution in [3.63, 3.8) is 0 Å². The second-order valence-electron chi connectivity index (χ2n) is 5.27. The molecule has 1 N–H and O–H groups in total. The van der Waals surface area contributed by atoms with Gasteiger partial charge in [-0.15, -0.1) is 0 Å². The van der Waals surface area contributed by atoms with Gasteiger partial charge >= 0.3 is 5.97 Å². The van der Waals surface area contributed by atoms with Crippen molar-refractivity contribution in [1.82, 2.24) is 0 Å². The summed E-state index contributed by atoms with van der Waals surface area (Å²) in [5.41, 5.74) is 2.19. The fourth-order valence-electron chi connectivity index (χ4n) is 2.07. The van der Waals surface area contributed by atoms with Crippen molar-refractivity contribution in [3.05, 3.63) is 58.9 Å². The molecule has 106 valence electrons. The molecule has 0 aliphatic heterocycles. The molecule has 0 unspecified atom stereocenters. The number of allylic oxidation sites excluding steroid dienone is 4. The molecular formula is C18H16O3. The van der Waals surface area contributed by atoms with E-state index in [1.807, 2.05) is 12.2 Å². The molecule has 0 radical (unpaired) electrons.